The van der Waals surface area contributed by atoms with Crippen molar-refractivity contribution in [3.63, 3.8) is 0 Å². The highest BCUT2D eigenvalue weighted by Gasteiger charge is 2.08. The second-order valence-corrected chi connectivity index (χ2v) is 3.02. The van der Waals surface area contributed by atoms with Gasteiger partial charge in [0.05, 0.1) is 0 Å². The molecule has 64 valence electrons. The summed E-state index contributed by atoms with van der Waals surface area (Å²) in [6.45, 7) is 12.3. The first kappa shape index (κ1) is 12.6. The lowest BCUT2D eigenvalue weighted by Gasteiger charge is -2.28. The fraction of sp³-hybridized carbons (Fsp3) is 1.00. The fourth-order valence-electron chi connectivity index (χ4n) is 1.33. The largest absolute Gasteiger partial charge is 0.299 e. The van der Waals surface area contributed by atoms with E-state index in [1.807, 2.05) is 0 Å². The lowest BCUT2D eigenvalue weighted by atomic mass is 10.2. The van der Waals surface area contributed by atoms with Gasteiger partial charge in [-0.15, -0.1) is 0 Å². The van der Waals surface area contributed by atoms with E-state index in [4.69, 9.17) is 0 Å². The highest BCUT2D eigenvalue weighted by atomic mass is 15.2. The Morgan fingerprint density at radius 3 is 1.30 bits per heavy atom. The predicted molar refractivity (Wildman–Crippen MR) is 49.4 cm³/mol. The van der Waals surface area contributed by atoms with Crippen molar-refractivity contribution in [3.05, 3.63) is 0 Å². The van der Waals surface area contributed by atoms with Crippen LogP contribution in [0.5, 0.6) is 0 Å². The van der Waals surface area contributed by atoms with Gasteiger partial charge in [-0.05, 0) is 34.2 Å². The third kappa shape index (κ3) is 3.89. The van der Waals surface area contributed by atoms with Crippen LogP contribution >= 0.6 is 0 Å². The van der Waals surface area contributed by atoms with Gasteiger partial charge in [-0.2, -0.15) is 0 Å². The van der Waals surface area contributed by atoms with E-state index in [1.54, 1.807) is 0 Å². The smallest absolute Gasteiger partial charge is 0.00411 e. The van der Waals surface area contributed by atoms with Crippen molar-refractivity contribution in [2.24, 2.45) is 0 Å². The highest BCUT2D eigenvalue weighted by Crippen LogP contribution is 2.02. The molecule has 0 saturated heterocycles. The maximum atomic E-state index is 2.46. The standard InChI is InChI=1S/C8H19N.CH4/c1-6-9(7(2)3)8(4)5;/h7-8H,6H2,1-5H3;1H4. The van der Waals surface area contributed by atoms with E-state index in [9.17, 15) is 0 Å². The van der Waals surface area contributed by atoms with Crippen LogP contribution in [0.1, 0.15) is 42.0 Å². The molecule has 0 aromatic carbocycles. The molecule has 0 amide bonds. The molecule has 0 heterocycles. The summed E-state index contributed by atoms with van der Waals surface area (Å²) in [5.41, 5.74) is 0. The number of hydrogen-bond acceptors (Lipinski definition) is 1. The maximum Gasteiger partial charge on any atom is 0.00411 e. The molecule has 1 heteroatoms. The van der Waals surface area contributed by atoms with Crippen LogP contribution in [-0.4, -0.2) is 23.5 Å². The topological polar surface area (TPSA) is 3.24 Å². The van der Waals surface area contributed by atoms with Gasteiger partial charge < -0.3 is 0 Å². The Kier molecular flexibility index (Phi) is 7.22. The zero-order chi connectivity index (χ0) is 7.44. The van der Waals surface area contributed by atoms with Crippen molar-refractivity contribution >= 4 is 0 Å². The van der Waals surface area contributed by atoms with E-state index in [2.05, 4.69) is 39.5 Å². The van der Waals surface area contributed by atoms with E-state index in [1.165, 1.54) is 0 Å². The highest BCUT2D eigenvalue weighted by molar-refractivity contribution is 4.64. The zero-order valence-corrected chi connectivity index (χ0v) is 7.31. The van der Waals surface area contributed by atoms with Gasteiger partial charge in [-0.1, -0.05) is 14.4 Å². The van der Waals surface area contributed by atoms with Crippen LogP contribution in [0.25, 0.3) is 0 Å². The molecule has 0 bridgehead atoms. The van der Waals surface area contributed by atoms with Crippen LogP contribution in [0.3, 0.4) is 0 Å². The average Bonchev–Trinajstić information content (AvgIpc) is 1.64. The van der Waals surface area contributed by atoms with Gasteiger partial charge >= 0.3 is 0 Å². The molecule has 10 heavy (non-hydrogen) atoms. The maximum absolute atomic E-state index is 2.46. The summed E-state index contributed by atoms with van der Waals surface area (Å²) in [5, 5.41) is 0. The van der Waals surface area contributed by atoms with Gasteiger partial charge in [0.15, 0.2) is 0 Å². The predicted octanol–water partition coefficient (Wildman–Crippen LogP) is 2.76. The summed E-state index contributed by atoms with van der Waals surface area (Å²) < 4.78 is 0. The third-order valence-corrected chi connectivity index (χ3v) is 1.69. The SMILES string of the molecule is C.CCN(C(C)C)C(C)C. The Morgan fingerprint density at radius 2 is 1.30 bits per heavy atom. The van der Waals surface area contributed by atoms with Crippen molar-refractivity contribution in [1.29, 1.82) is 0 Å². The van der Waals surface area contributed by atoms with Crippen LogP contribution in [0.2, 0.25) is 0 Å². The van der Waals surface area contributed by atoms with Crippen molar-refractivity contribution in [2.45, 2.75) is 54.1 Å². The number of rotatable bonds is 3. The molecule has 0 atom stereocenters. The lowest BCUT2D eigenvalue weighted by molar-refractivity contribution is 0.185. The molecule has 0 aromatic heterocycles. The molecular weight excluding hydrogens is 122 g/mol. The van der Waals surface area contributed by atoms with Gasteiger partial charge in [0.25, 0.3) is 0 Å². The van der Waals surface area contributed by atoms with E-state index >= 15 is 0 Å². The monoisotopic (exact) mass is 145 g/mol. The molecular formula is C9H23N. The summed E-state index contributed by atoms with van der Waals surface area (Å²) in [5.74, 6) is 0. The molecule has 0 aliphatic rings. The zero-order valence-electron chi connectivity index (χ0n) is 7.31. The molecule has 0 fully saturated rings. The minimum Gasteiger partial charge on any atom is -0.299 e. The second-order valence-electron chi connectivity index (χ2n) is 3.02. The quantitative estimate of drug-likeness (QED) is 0.590. The first-order valence-electron chi connectivity index (χ1n) is 3.85. The number of hydrogen-bond donors (Lipinski definition) is 0. The fourth-order valence-corrected chi connectivity index (χ4v) is 1.33. The van der Waals surface area contributed by atoms with Gasteiger partial charge in [0.2, 0.25) is 0 Å². The van der Waals surface area contributed by atoms with Crippen LogP contribution in [0.15, 0.2) is 0 Å². The van der Waals surface area contributed by atoms with Crippen molar-refractivity contribution in [1.82, 2.24) is 4.90 Å². The lowest BCUT2D eigenvalue weighted by Crippen LogP contribution is -2.36. The summed E-state index contributed by atoms with van der Waals surface area (Å²) in [6, 6.07) is 1.38. The molecule has 0 rings (SSSR count). The summed E-state index contributed by atoms with van der Waals surface area (Å²) in [6.07, 6.45) is 0. The molecule has 0 radical (unpaired) electrons. The van der Waals surface area contributed by atoms with Crippen LogP contribution < -0.4 is 0 Å². The van der Waals surface area contributed by atoms with E-state index in [0.29, 0.717) is 12.1 Å². The minimum absolute atomic E-state index is 0. The summed E-state index contributed by atoms with van der Waals surface area (Å²) in [4.78, 5) is 2.46. The molecule has 0 aliphatic carbocycles. The van der Waals surface area contributed by atoms with E-state index in [0.717, 1.165) is 6.54 Å². The van der Waals surface area contributed by atoms with Crippen molar-refractivity contribution < 1.29 is 0 Å². The van der Waals surface area contributed by atoms with Crippen LogP contribution in [0.4, 0.5) is 0 Å². The van der Waals surface area contributed by atoms with Crippen LogP contribution in [0, 0.1) is 0 Å². The third-order valence-electron chi connectivity index (χ3n) is 1.69. The Morgan fingerprint density at radius 1 is 1.00 bits per heavy atom. The molecule has 0 saturated carbocycles. The molecule has 0 aromatic rings. The summed E-state index contributed by atoms with van der Waals surface area (Å²) in [7, 11) is 0. The summed E-state index contributed by atoms with van der Waals surface area (Å²) >= 11 is 0. The minimum atomic E-state index is 0. The Bertz CT molecular complexity index is 59.1. The van der Waals surface area contributed by atoms with E-state index in [-0.39, 0.29) is 7.43 Å². The molecule has 0 unspecified atom stereocenters. The average molecular weight is 145 g/mol. The van der Waals surface area contributed by atoms with Gasteiger partial charge in [0.1, 0.15) is 0 Å². The van der Waals surface area contributed by atoms with E-state index < -0.39 is 0 Å². The van der Waals surface area contributed by atoms with Crippen molar-refractivity contribution in [3.8, 4) is 0 Å². The molecule has 0 spiro atoms. The van der Waals surface area contributed by atoms with Gasteiger partial charge in [0, 0.05) is 12.1 Å². The van der Waals surface area contributed by atoms with Gasteiger partial charge in [-0.3, -0.25) is 4.90 Å². The Labute approximate surface area is 66.4 Å². The van der Waals surface area contributed by atoms with Gasteiger partial charge in [-0.25, -0.2) is 0 Å². The first-order valence-corrected chi connectivity index (χ1v) is 3.85. The van der Waals surface area contributed by atoms with Crippen LogP contribution in [-0.2, 0) is 0 Å². The molecule has 0 aliphatic heterocycles. The normalized spacial score (nSPS) is 10.8. The molecule has 1 nitrogen and oxygen atoms in total. The first-order chi connectivity index (χ1) is 4.09. The van der Waals surface area contributed by atoms with Crippen molar-refractivity contribution in [2.75, 3.05) is 6.54 Å². The Hall–Kier alpha value is -0.0400. The Balaban J connectivity index is 0. The molecule has 0 N–H and O–H groups in total. The second kappa shape index (κ2) is 5.72. The number of nitrogens with zero attached hydrogens (tertiary/aromatic N) is 1.